The van der Waals surface area contributed by atoms with Gasteiger partial charge in [-0.15, -0.1) is 0 Å². The Morgan fingerprint density at radius 3 is 2.20 bits per heavy atom. The summed E-state index contributed by atoms with van der Waals surface area (Å²) in [5.41, 5.74) is -0.602. The van der Waals surface area contributed by atoms with Gasteiger partial charge in [-0.1, -0.05) is 22.6 Å². The highest BCUT2D eigenvalue weighted by Crippen LogP contribution is 2.31. The molecule has 0 aliphatic heterocycles. The van der Waals surface area contributed by atoms with Gasteiger partial charge < -0.3 is 4.55 Å². The lowest BCUT2D eigenvalue weighted by Crippen LogP contribution is -2.27. The summed E-state index contributed by atoms with van der Waals surface area (Å²) >= 11 is -1.57. The van der Waals surface area contributed by atoms with Gasteiger partial charge in [-0.25, -0.2) is 13.2 Å². The van der Waals surface area contributed by atoms with Crippen LogP contribution in [0.4, 0.5) is 13.2 Å². The predicted octanol–water partition coefficient (Wildman–Crippen LogP) is 4.21. The van der Waals surface area contributed by atoms with Crippen molar-refractivity contribution in [3.05, 3.63) is 35.1 Å². The van der Waals surface area contributed by atoms with Crippen molar-refractivity contribution in [2.45, 2.75) is 45.3 Å². The fraction of sp³-hybridized carbons (Fsp3) is 0.500. The van der Waals surface area contributed by atoms with E-state index in [1.807, 2.05) is 0 Å². The van der Waals surface area contributed by atoms with Gasteiger partial charge in [0.1, 0.15) is 21.9 Å². The first-order valence-corrected chi connectivity index (χ1v) is 7.19. The van der Waals surface area contributed by atoms with Crippen LogP contribution in [0.15, 0.2) is 22.6 Å². The summed E-state index contributed by atoms with van der Waals surface area (Å²) in [6.45, 7) is 7.28. The molecule has 1 aromatic carbocycles. The zero-order chi connectivity index (χ0) is 15.7. The van der Waals surface area contributed by atoms with E-state index in [9.17, 15) is 17.7 Å². The molecule has 0 bridgehead atoms. The largest absolute Gasteiger partial charge is 0.591 e. The minimum atomic E-state index is -3.27. The number of halogens is 3. The summed E-state index contributed by atoms with van der Waals surface area (Å²) in [7, 11) is 0. The SMILES string of the molecule is CC(=N[S@+]([O-])C(C)(C)C)c1cccc(C(C)(F)F)c1F. The zero-order valence-corrected chi connectivity index (χ0v) is 12.9. The van der Waals surface area contributed by atoms with Gasteiger partial charge >= 0.3 is 0 Å². The summed E-state index contributed by atoms with van der Waals surface area (Å²) in [6.07, 6.45) is 0. The highest BCUT2D eigenvalue weighted by Gasteiger charge is 2.31. The van der Waals surface area contributed by atoms with Crippen LogP contribution in [0.2, 0.25) is 0 Å². The quantitative estimate of drug-likeness (QED) is 0.608. The van der Waals surface area contributed by atoms with Crippen molar-refractivity contribution in [1.82, 2.24) is 0 Å². The van der Waals surface area contributed by atoms with E-state index in [-0.39, 0.29) is 11.3 Å². The minimum Gasteiger partial charge on any atom is -0.591 e. The molecule has 0 spiro atoms. The Labute approximate surface area is 120 Å². The smallest absolute Gasteiger partial charge is 0.273 e. The van der Waals surface area contributed by atoms with E-state index in [0.717, 1.165) is 6.07 Å². The molecule has 0 N–H and O–H groups in total. The van der Waals surface area contributed by atoms with Crippen molar-refractivity contribution < 1.29 is 17.7 Å². The second-order valence-electron chi connectivity index (χ2n) is 5.59. The molecule has 0 aromatic heterocycles. The van der Waals surface area contributed by atoms with Gasteiger partial charge in [-0.05, 0) is 27.7 Å². The Morgan fingerprint density at radius 1 is 1.20 bits per heavy atom. The molecular weight excluding hydrogens is 287 g/mol. The molecule has 112 valence electrons. The van der Waals surface area contributed by atoms with Crippen LogP contribution in [0, 0.1) is 5.82 Å². The standard InChI is InChI=1S/C14H18F3NOS/c1-9(18-20(19)13(2,3)4)10-7-6-8-11(12(10)15)14(5,16)17/h6-8H,1-5H3/t20-/m1/s1. The van der Waals surface area contributed by atoms with Crippen LogP contribution in [-0.4, -0.2) is 15.0 Å². The molecule has 0 radical (unpaired) electrons. The van der Waals surface area contributed by atoms with Gasteiger partial charge in [0.05, 0.1) is 11.3 Å². The van der Waals surface area contributed by atoms with Crippen molar-refractivity contribution in [1.29, 1.82) is 0 Å². The molecule has 0 amide bonds. The summed E-state index contributed by atoms with van der Waals surface area (Å²) in [4.78, 5) is 0. The Hall–Kier alpha value is -1.01. The van der Waals surface area contributed by atoms with Crippen molar-refractivity contribution in [2.24, 2.45) is 4.40 Å². The molecule has 0 aliphatic rings. The van der Waals surface area contributed by atoms with Gasteiger partial charge in [0.15, 0.2) is 0 Å². The monoisotopic (exact) mass is 305 g/mol. The minimum absolute atomic E-state index is 0.0541. The zero-order valence-electron chi connectivity index (χ0n) is 12.1. The molecule has 20 heavy (non-hydrogen) atoms. The van der Waals surface area contributed by atoms with E-state index in [0.29, 0.717) is 6.92 Å². The lowest BCUT2D eigenvalue weighted by molar-refractivity contribution is 0.0137. The molecule has 1 aromatic rings. The summed E-state index contributed by atoms with van der Waals surface area (Å²) in [5.74, 6) is -4.30. The lowest BCUT2D eigenvalue weighted by atomic mass is 10.0. The van der Waals surface area contributed by atoms with Crippen molar-refractivity contribution in [3.63, 3.8) is 0 Å². The van der Waals surface area contributed by atoms with Gasteiger partial charge in [-0.2, -0.15) is 0 Å². The molecule has 0 aliphatic carbocycles. The molecular formula is C14H18F3NOS. The van der Waals surface area contributed by atoms with Crippen LogP contribution in [0.5, 0.6) is 0 Å². The van der Waals surface area contributed by atoms with Crippen molar-refractivity contribution >= 4 is 17.1 Å². The van der Waals surface area contributed by atoms with Crippen LogP contribution < -0.4 is 0 Å². The molecule has 2 nitrogen and oxygen atoms in total. The maximum Gasteiger partial charge on any atom is 0.273 e. The van der Waals surface area contributed by atoms with E-state index in [1.54, 1.807) is 20.8 Å². The first-order valence-electron chi connectivity index (χ1n) is 6.09. The third-order valence-electron chi connectivity index (χ3n) is 2.61. The molecule has 6 heteroatoms. The Morgan fingerprint density at radius 2 is 1.75 bits per heavy atom. The van der Waals surface area contributed by atoms with Crippen molar-refractivity contribution in [2.75, 3.05) is 0 Å². The number of benzene rings is 1. The average molecular weight is 305 g/mol. The number of hydrogen-bond donors (Lipinski definition) is 0. The number of alkyl halides is 2. The molecule has 0 unspecified atom stereocenters. The maximum atomic E-state index is 14.1. The van der Waals surface area contributed by atoms with Gasteiger partial charge in [0.2, 0.25) is 0 Å². The second kappa shape index (κ2) is 5.77. The van der Waals surface area contributed by atoms with E-state index in [2.05, 4.69) is 4.40 Å². The molecule has 0 saturated carbocycles. The Bertz CT molecular complexity index is 518. The van der Waals surface area contributed by atoms with E-state index < -0.39 is 33.4 Å². The maximum absolute atomic E-state index is 14.1. The van der Waals surface area contributed by atoms with E-state index >= 15 is 0 Å². The number of rotatable bonds is 3. The van der Waals surface area contributed by atoms with Crippen LogP contribution in [0.1, 0.15) is 45.7 Å². The molecule has 0 heterocycles. The summed E-state index contributed by atoms with van der Waals surface area (Å²) in [5, 5.41) is 0. The van der Waals surface area contributed by atoms with Gasteiger partial charge in [-0.3, -0.25) is 0 Å². The van der Waals surface area contributed by atoms with Crippen LogP contribution in [0.3, 0.4) is 0 Å². The van der Waals surface area contributed by atoms with Crippen molar-refractivity contribution in [3.8, 4) is 0 Å². The first kappa shape index (κ1) is 17.0. The van der Waals surface area contributed by atoms with Crippen LogP contribution in [-0.2, 0) is 17.3 Å². The molecule has 1 rings (SSSR count). The number of hydrogen-bond acceptors (Lipinski definition) is 2. The van der Waals surface area contributed by atoms with E-state index in [4.69, 9.17) is 0 Å². The average Bonchev–Trinajstić information content (AvgIpc) is 2.26. The van der Waals surface area contributed by atoms with Crippen LogP contribution >= 0.6 is 0 Å². The van der Waals surface area contributed by atoms with Gasteiger partial charge in [0.25, 0.3) is 5.92 Å². The fourth-order valence-electron chi connectivity index (χ4n) is 1.46. The summed E-state index contributed by atoms with van der Waals surface area (Å²) in [6, 6.07) is 3.72. The lowest BCUT2D eigenvalue weighted by Gasteiger charge is -2.19. The molecule has 0 saturated heterocycles. The Kier molecular flexibility index (Phi) is 4.92. The molecule has 0 fully saturated rings. The Balaban J connectivity index is 3.25. The summed E-state index contributed by atoms with van der Waals surface area (Å²) < 4.78 is 55.9. The van der Waals surface area contributed by atoms with Gasteiger partial charge in [0, 0.05) is 12.5 Å². The van der Waals surface area contributed by atoms with E-state index in [1.165, 1.54) is 19.1 Å². The molecule has 1 atom stereocenters. The first-order chi connectivity index (χ1) is 8.94. The third-order valence-corrected chi connectivity index (χ3v) is 4.09. The highest BCUT2D eigenvalue weighted by molar-refractivity contribution is 7.91. The van der Waals surface area contributed by atoms with Crippen LogP contribution in [0.25, 0.3) is 0 Å². The fourth-order valence-corrected chi connectivity index (χ4v) is 2.08. The predicted molar refractivity (Wildman–Crippen MR) is 76.1 cm³/mol. The normalized spacial score (nSPS) is 15.3. The second-order valence-corrected chi connectivity index (χ2v) is 7.50. The highest BCUT2D eigenvalue weighted by atomic mass is 32.2. The number of nitrogens with zero attached hydrogens (tertiary/aromatic N) is 1. The topological polar surface area (TPSA) is 35.4 Å². The third kappa shape index (κ3) is 3.99.